The topological polar surface area (TPSA) is 32.6 Å². The van der Waals surface area contributed by atoms with E-state index in [2.05, 4.69) is 32.0 Å². The summed E-state index contributed by atoms with van der Waals surface area (Å²) in [6.45, 7) is 4.42. The Balaban J connectivity index is 1.77. The van der Waals surface area contributed by atoms with Gasteiger partial charge in [-0.2, -0.15) is 0 Å². The van der Waals surface area contributed by atoms with Gasteiger partial charge < -0.3 is 5.11 Å². The molecule has 0 aromatic heterocycles. The second kappa shape index (κ2) is 4.67. The summed E-state index contributed by atoms with van der Waals surface area (Å²) in [4.78, 5) is 4.90. The summed E-state index contributed by atoms with van der Waals surface area (Å²) in [7, 11) is 0. The fourth-order valence-electron chi connectivity index (χ4n) is 4.66. The van der Waals surface area contributed by atoms with Crippen LogP contribution >= 0.6 is 0 Å². The molecule has 2 saturated carbocycles. The summed E-state index contributed by atoms with van der Waals surface area (Å²) in [5, 5.41) is 11.4. The van der Waals surface area contributed by atoms with Crippen LogP contribution in [0.5, 0.6) is 0 Å². The van der Waals surface area contributed by atoms with Crippen molar-refractivity contribution in [2.75, 3.05) is 0 Å². The first kappa shape index (κ1) is 13.5. The molecule has 2 heteroatoms. The molecule has 1 aliphatic heterocycles. The minimum atomic E-state index is -0.765. The average molecular weight is 283 g/mol. The zero-order valence-corrected chi connectivity index (χ0v) is 13.1. The van der Waals surface area contributed by atoms with Crippen molar-refractivity contribution in [1.29, 1.82) is 0 Å². The molecule has 0 bridgehead atoms. The largest absolute Gasteiger partial charge is 0.379 e. The van der Waals surface area contributed by atoms with E-state index in [1.807, 2.05) is 0 Å². The number of rotatable bonds is 1. The Morgan fingerprint density at radius 3 is 2.81 bits per heavy atom. The van der Waals surface area contributed by atoms with Crippen LogP contribution in [-0.4, -0.2) is 10.8 Å². The Hall–Kier alpha value is -1.15. The lowest BCUT2D eigenvalue weighted by Crippen LogP contribution is -2.46. The molecule has 0 radical (unpaired) electrons. The van der Waals surface area contributed by atoms with Gasteiger partial charge in [0.05, 0.1) is 11.4 Å². The molecule has 21 heavy (non-hydrogen) atoms. The zero-order chi connectivity index (χ0) is 14.6. The molecule has 3 atom stereocenters. The van der Waals surface area contributed by atoms with Crippen LogP contribution < -0.4 is 0 Å². The van der Waals surface area contributed by atoms with Crippen molar-refractivity contribution in [3.05, 3.63) is 29.3 Å². The van der Waals surface area contributed by atoms with Crippen LogP contribution in [0.2, 0.25) is 0 Å². The standard InChI is InChI=1S/C19H25NO/c1-12(2)14-7-8-17-16(11-14)19(21)10-9-13-5-3-4-6-15(13)18(19)20-17/h7-8,11-13,15,21H,3-6,9-10H2,1-2H3. The minimum Gasteiger partial charge on any atom is -0.379 e. The van der Waals surface area contributed by atoms with Gasteiger partial charge in [-0.05, 0) is 49.1 Å². The van der Waals surface area contributed by atoms with Crippen molar-refractivity contribution >= 4 is 11.4 Å². The SMILES string of the molecule is CC(C)c1ccc2c(c1)C1(O)CCC3CCCCC3C1=N2. The van der Waals surface area contributed by atoms with Crippen LogP contribution in [0, 0.1) is 11.8 Å². The number of nitrogens with zero attached hydrogens (tertiary/aromatic N) is 1. The zero-order valence-electron chi connectivity index (χ0n) is 13.1. The van der Waals surface area contributed by atoms with Crippen LogP contribution in [-0.2, 0) is 5.60 Å². The quantitative estimate of drug-likeness (QED) is 0.797. The number of hydrogen-bond acceptors (Lipinski definition) is 2. The van der Waals surface area contributed by atoms with Gasteiger partial charge in [0, 0.05) is 11.5 Å². The highest BCUT2D eigenvalue weighted by Crippen LogP contribution is 2.52. The van der Waals surface area contributed by atoms with Crippen molar-refractivity contribution in [3.63, 3.8) is 0 Å². The lowest BCUT2D eigenvalue weighted by atomic mass is 9.63. The molecule has 1 heterocycles. The third kappa shape index (κ3) is 1.92. The third-order valence-electron chi connectivity index (χ3n) is 5.93. The van der Waals surface area contributed by atoms with Crippen molar-refractivity contribution in [2.45, 2.75) is 63.9 Å². The number of aliphatic imine (C=N–C) groups is 1. The Morgan fingerprint density at radius 2 is 2.00 bits per heavy atom. The van der Waals surface area contributed by atoms with Gasteiger partial charge in [0.25, 0.3) is 0 Å². The van der Waals surface area contributed by atoms with Gasteiger partial charge in [-0.3, -0.25) is 4.99 Å². The van der Waals surface area contributed by atoms with Crippen LogP contribution in [0.15, 0.2) is 23.2 Å². The van der Waals surface area contributed by atoms with Gasteiger partial charge in [-0.15, -0.1) is 0 Å². The lowest BCUT2D eigenvalue weighted by Gasteiger charge is -2.43. The molecule has 112 valence electrons. The summed E-state index contributed by atoms with van der Waals surface area (Å²) >= 11 is 0. The number of benzene rings is 1. The normalized spacial score (nSPS) is 34.2. The maximum absolute atomic E-state index is 11.4. The number of hydrogen-bond donors (Lipinski definition) is 1. The van der Waals surface area contributed by atoms with Crippen molar-refractivity contribution < 1.29 is 5.11 Å². The van der Waals surface area contributed by atoms with E-state index >= 15 is 0 Å². The highest BCUT2D eigenvalue weighted by molar-refractivity contribution is 6.02. The predicted octanol–water partition coefficient (Wildman–Crippen LogP) is 4.68. The maximum atomic E-state index is 11.4. The molecule has 4 rings (SSSR count). The van der Waals surface area contributed by atoms with Crippen LogP contribution in [0.4, 0.5) is 5.69 Å². The fraction of sp³-hybridized carbons (Fsp3) is 0.632. The first-order valence-corrected chi connectivity index (χ1v) is 8.55. The molecule has 0 amide bonds. The lowest BCUT2D eigenvalue weighted by molar-refractivity contribution is 0.0596. The van der Waals surface area contributed by atoms with Gasteiger partial charge in [0.2, 0.25) is 0 Å². The molecule has 0 spiro atoms. The molecule has 3 unspecified atom stereocenters. The summed E-state index contributed by atoms with van der Waals surface area (Å²) in [6, 6.07) is 6.50. The van der Waals surface area contributed by atoms with Gasteiger partial charge >= 0.3 is 0 Å². The molecule has 3 aliphatic rings. The van der Waals surface area contributed by atoms with Crippen molar-refractivity contribution in [2.24, 2.45) is 16.8 Å². The minimum absolute atomic E-state index is 0.494. The van der Waals surface area contributed by atoms with Gasteiger partial charge in [0.1, 0.15) is 5.60 Å². The number of fused-ring (bicyclic) bond motifs is 5. The first-order valence-electron chi connectivity index (χ1n) is 8.55. The summed E-state index contributed by atoms with van der Waals surface area (Å²) in [5.74, 6) is 1.78. The summed E-state index contributed by atoms with van der Waals surface area (Å²) < 4.78 is 0. The van der Waals surface area contributed by atoms with E-state index in [1.165, 1.54) is 31.2 Å². The molecule has 2 aliphatic carbocycles. The van der Waals surface area contributed by atoms with E-state index in [4.69, 9.17) is 4.99 Å². The maximum Gasteiger partial charge on any atom is 0.130 e. The van der Waals surface area contributed by atoms with Crippen molar-refractivity contribution in [1.82, 2.24) is 0 Å². The third-order valence-corrected chi connectivity index (χ3v) is 5.93. The Labute approximate surface area is 127 Å². The smallest absolute Gasteiger partial charge is 0.130 e. The van der Waals surface area contributed by atoms with E-state index in [-0.39, 0.29) is 0 Å². The Kier molecular flexibility index (Phi) is 3.01. The van der Waals surface area contributed by atoms with Gasteiger partial charge in [-0.25, -0.2) is 0 Å². The molecule has 2 fully saturated rings. The molecule has 1 aromatic carbocycles. The molecular formula is C19H25NO. The molecule has 2 nitrogen and oxygen atoms in total. The van der Waals surface area contributed by atoms with Crippen LogP contribution in [0.1, 0.15) is 69.4 Å². The summed E-state index contributed by atoms with van der Waals surface area (Å²) in [6.07, 6.45) is 7.22. The number of aliphatic hydroxyl groups is 1. The van der Waals surface area contributed by atoms with E-state index in [1.54, 1.807) is 0 Å². The average Bonchev–Trinajstić information content (AvgIpc) is 2.80. The van der Waals surface area contributed by atoms with Gasteiger partial charge in [0.15, 0.2) is 0 Å². The van der Waals surface area contributed by atoms with Crippen molar-refractivity contribution in [3.8, 4) is 0 Å². The monoisotopic (exact) mass is 283 g/mol. The Bertz CT molecular complexity index is 604. The second-order valence-corrected chi connectivity index (χ2v) is 7.48. The van der Waals surface area contributed by atoms with E-state index in [0.717, 1.165) is 35.7 Å². The molecular weight excluding hydrogens is 258 g/mol. The van der Waals surface area contributed by atoms with E-state index in [0.29, 0.717) is 11.8 Å². The second-order valence-electron chi connectivity index (χ2n) is 7.48. The van der Waals surface area contributed by atoms with Crippen LogP contribution in [0.25, 0.3) is 0 Å². The highest BCUT2D eigenvalue weighted by Gasteiger charge is 2.50. The molecule has 1 N–H and O–H groups in total. The highest BCUT2D eigenvalue weighted by atomic mass is 16.3. The van der Waals surface area contributed by atoms with E-state index < -0.39 is 5.60 Å². The van der Waals surface area contributed by atoms with Gasteiger partial charge in [-0.1, -0.05) is 38.8 Å². The van der Waals surface area contributed by atoms with Crippen LogP contribution in [0.3, 0.4) is 0 Å². The predicted molar refractivity (Wildman–Crippen MR) is 86.2 cm³/mol. The Morgan fingerprint density at radius 1 is 1.19 bits per heavy atom. The molecule has 0 saturated heterocycles. The van der Waals surface area contributed by atoms with E-state index in [9.17, 15) is 5.11 Å². The molecule has 1 aromatic rings. The summed E-state index contributed by atoms with van der Waals surface area (Å²) in [5.41, 5.74) is 3.73. The first-order chi connectivity index (χ1) is 10.1. The fourth-order valence-corrected chi connectivity index (χ4v) is 4.66.